The Hall–Kier alpha value is -0.255. The molecule has 1 aliphatic rings. The first kappa shape index (κ1) is 14.7. The summed E-state index contributed by atoms with van der Waals surface area (Å²) >= 11 is 0. The lowest BCUT2D eigenvalue weighted by atomic mass is 9.94. The Labute approximate surface area is 89.1 Å². The van der Waals surface area contributed by atoms with Gasteiger partial charge < -0.3 is 21.7 Å². The Morgan fingerprint density at radius 2 is 1.20 bits per heavy atom. The first-order valence-corrected chi connectivity index (χ1v) is 5.29. The molecule has 92 valence electrons. The average molecular weight is 229 g/mol. The van der Waals surface area contributed by atoms with E-state index in [2.05, 4.69) is 21.1 Å². The van der Waals surface area contributed by atoms with E-state index in [-0.39, 0.29) is 0 Å². The minimum absolute atomic E-state index is 0.939. The molecule has 1 fully saturated rings. The SMILES string of the molecule is C[N+](C)(C)C1CCCCC1.F[B-](F)(F)F. The van der Waals surface area contributed by atoms with Gasteiger partial charge in [-0.15, -0.1) is 0 Å². The molecule has 0 bridgehead atoms. The summed E-state index contributed by atoms with van der Waals surface area (Å²) in [5, 5.41) is 0. The van der Waals surface area contributed by atoms with Crippen molar-refractivity contribution < 1.29 is 21.7 Å². The highest BCUT2D eigenvalue weighted by Gasteiger charge is 2.24. The number of quaternary nitrogens is 1. The van der Waals surface area contributed by atoms with E-state index in [1.54, 1.807) is 0 Å². The van der Waals surface area contributed by atoms with Gasteiger partial charge in [-0.3, -0.25) is 0 Å². The molecule has 0 radical (unpaired) electrons. The van der Waals surface area contributed by atoms with Gasteiger partial charge in [0.1, 0.15) is 0 Å². The smallest absolute Gasteiger partial charge is 0.418 e. The van der Waals surface area contributed by atoms with Crippen LogP contribution in [0.4, 0.5) is 17.3 Å². The van der Waals surface area contributed by atoms with E-state index in [0.717, 1.165) is 6.04 Å². The zero-order chi connectivity index (χ0) is 12.1. The second-order valence-electron chi connectivity index (χ2n) is 4.90. The van der Waals surface area contributed by atoms with Gasteiger partial charge in [0.2, 0.25) is 0 Å². The Bertz CT molecular complexity index is 164. The van der Waals surface area contributed by atoms with Crippen LogP contribution >= 0.6 is 0 Å². The highest BCUT2D eigenvalue weighted by atomic mass is 19.5. The van der Waals surface area contributed by atoms with Crippen molar-refractivity contribution in [2.75, 3.05) is 21.1 Å². The van der Waals surface area contributed by atoms with Gasteiger partial charge in [-0.25, -0.2) is 0 Å². The maximum Gasteiger partial charge on any atom is 0.673 e. The molecule has 1 rings (SSSR count). The Balaban J connectivity index is 0.000000336. The highest BCUT2D eigenvalue weighted by Crippen LogP contribution is 2.23. The monoisotopic (exact) mass is 229 g/mol. The number of rotatable bonds is 1. The molecule has 0 aromatic rings. The molecule has 0 aliphatic heterocycles. The maximum atomic E-state index is 9.75. The summed E-state index contributed by atoms with van der Waals surface area (Å²) in [5.41, 5.74) is 0. The summed E-state index contributed by atoms with van der Waals surface area (Å²) < 4.78 is 40.2. The summed E-state index contributed by atoms with van der Waals surface area (Å²) in [6.07, 6.45) is 7.28. The fraction of sp³-hybridized carbons (Fsp3) is 1.00. The molecule has 15 heavy (non-hydrogen) atoms. The van der Waals surface area contributed by atoms with Crippen molar-refractivity contribution in [1.82, 2.24) is 0 Å². The van der Waals surface area contributed by atoms with E-state index in [1.807, 2.05) is 0 Å². The molecule has 0 N–H and O–H groups in total. The normalized spacial score (nSPS) is 19.4. The van der Waals surface area contributed by atoms with E-state index in [0.29, 0.717) is 0 Å². The van der Waals surface area contributed by atoms with Gasteiger partial charge in [0.25, 0.3) is 0 Å². The van der Waals surface area contributed by atoms with Crippen LogP contribution in [-0.4, -0.2) is 38.9 Å². The molecule has 0 heterocycles. The van der Waals surface area contributed by atoms with Crippen LogP contribution in [0, 0.1) is 0 Å². The Morgan fingerprint density at radius 1 is 0.867 bits per heavy atom. The predicted molar refractivity (Wildman–Crippen MR) is 55.1 cm³/mol. The summed E-state index contributed by atoms with van der Waals surface area (Å²) in [5.74, 6) is 0. The van der Waals surface area contributed by atoms with E-state index in [4.69, 9.17) is 0 Å². The largest absolute Gasteiger partial charge is 0.673 e. The Morgan fingerprint density at radius 3 is 1.40 bits per heavy atom. The van der Waals surface area contributed by atoms with Gasteiger partial charge in [-0.05, 0) is 25.7 Å². The van der Waals surface area contributed by atoms with Crippen molar-refractivity contribution in [1.29, 1.82) is 0 Å². The minimum atomic E-state index is -6.00. The van der Waals surface area contributed by atoms with Gasteiger partial charge in [0, 0.05) is 0 Å². The second-order valence-corrected chi connectivity index (χ2v) is 4.90. The zero-order valence-corrected chi connectivity index (χ0v) is 9.65. The molecule has 1 nitrogen and oxygen atoms in total. The lowest BCUT2D eigenvalue weighted by Crippen LogP contribution is -2.45. The fourth-order valence-electron chi connectivity index (χ4n) is 1.86. The van der Waals surface area contributed by atoms with Crippen molar-refractivity contribution in [3.05, 3.63) is 0 Å². The van der Waals surface area contributed by atoms with E-state index in [1.165, 1.54) is 36.6 Å². The molecule has 6 heteroatoms. The number of hydrogen-bond donors (Lipinski definition) is 0. The third-order valence-corrected chi connectivity index (χ3v) is 2.67. The van der Waals surface area contributed by atoms with Crippen molar-refractivity contribution in [3.63, 3.8) is 0 Å². The third kappa shape index (κ3) is 10.0. The first-order chi connectivity index (χ1) is 6.61. The molecule has 0 spiro atoms. The maximum absolute atomic E-state index is 9.75. The summed E-state index contributed by atoms with van der Waals surface area (Å²) in [6, 6.07) is 0.939. The Kier molecular flexibility index (Phi) is 5.63. The predicted octanol–water partition coefficient (Wildman–Crippen LogP) is 3.33. The van der Waals surface area contributed by atoms with Gasteiger partial charge in [0.15, 0.2) is 0 Å². The van der Waals surface area contributed by atoms with Crippen LogP contribution in [0.2, 0.25) is 0 Å². The van der Waals surface area contributed by atoms with Crippen LogP contribution < -0.4 is 0 Å². The van der Waals surface area contributed by atoms with Crippen LogP contribution in [0.1, 0.15) is 32.1 Å². The number of halogens is 4. The van der Waals surface area contributed by atoms with Crippen LogP contribution in [0.15, 0.2) is 0 Å². The van der Waals surface area contributed by atoms with E-state index >= 15 is 0 Å². The summed E-state index contributed by atoms with van der Waals surface area (Å²) in [6.45, 7) is 0. The van der Waals surface area contributed by atoms with Gasteiger partial charge >= 0.3 is 7.25 Å². The van der Waals surface area contributed by atoms with Crippen molar-refractivity contribution in [2.24, 2.45) is 0 Å². The van der Waals surface area contributed by atoms with Gasteiger partial charge in [0.05, 0.1) is 27.2 Å². The van der Waals surface area contributed by atoms with Crippen LogP contribution in [0.5, 0.6) is 0 Å². The van der Waals surface area contributed by atoms with Gasteiger partial charge in [-0.1, -0.05) is 6.42 Å². The lowest BCUT2D eigenvalue weighted by molar-refractivity contribution is -0.897. The fourth-order valence-corrected chi connectivity index (χ4v) is 1.86. The molecule has 0 atom stereocenters. The molecule has 1 saturated carbocycles. The van der Waals surface area contributed by atoms with Crippen LogP contribution in [0.25, 0.3) is 0 Å². The standard InChI is InChI=1S/C9H20N.BF4/c1-10(2,3)9-7-5-4-6-8-9;2-1(3,4)5/h9H,4-8H2,1-3H3;/q+1;-1. The minimum Gasteiger partial charge on any atom is -0.418 e. The van der Waals surface area contributed by atoms with E-state index in [9.17, 15) is 17.3 Å². The lowest BCUT2D eigenvalue weighted by Gasteiger charge is -2.36. The number of hydrogen-bond acceptors (Lipinski definition) is 0. The van der Waals surface area contributed by atoms with Crippen LogP contribution in [-0.2, 0) is 0 Å². The average Bonchev–Trinajstić information content (AvgIpc) is 2.01. The molecule has 0 aromatic carbocycles. The molecular weight excluding hydrogens is 209 g/mol. The van der Waals surface area contributed by atoms with Gasteiger partial charge in [-0.2, -0.15) is 0 Å². The first-order valence-electron chi connectivity index (χ1n) is 5.29. The molecule has 0 unspecified atom stereocenters. The molecule has 0 aromatic heterocycles. The molecular formula is C9H20BF4N. The van der Waals surface area contributed by atoms with Crippen molar-refractivity contribution in [3.8, 4) is 0 Å². The zero-order valence-electron chi connectivity index (χ0n) is 9.65. The molecule has 0 saturated heterocycles. The quantitative estimate of drug-likeness (QED) is 0.367. The highest BCUT2D eigenvalue weighted by molar-refractivity contribution is 6.50. The van der Waals surface area contributed by atoms with Crippen LogP contribution in [0.3, 0.4) is 0 Å². The van der Waals surface area contributed by atoms with Crippen molar-refractivity contribution in [2.45, 2.75) is 38.1 Å². The molecule has 0 amide bonds. The topological polar surface area (TPSA) is 0 Å². The van der Waals surface area contributed by atoms with E-state index < -0.39 is 7.25 Å². The van der Waals surface area contributed by atoms with Crippen molar-refractivity contribution >= 4 is 7.25 Å². The summed E-state index contributed by atoms with van der Waals surface area (Å²) in [4.78, 5) is 0. The number of nitrogens with zero attached hydrogens (tertiary/aromatic N) is 1. The molecule has 1 aliphatic carbocycles. The third-order valence-electron chi connectivity index (χ3n) is 2.67. The second kappa shape index (κ2) is 5.73. The summed E-state index contributed by atoms with van der Waals surface area (Å²) in [7, 11) is 0.946.